The molecular weight excluding hydrogens is 260 g/mol. The number of amides is 2. The van der Waals surface area contributed by atoms with Gasteiger partial charge in [-0.05, 0) is 6.42 Å². The molecule has 0 aromatic rings. The molecule has 2 N–H and O–H groups in total. The molecule has 0 aromatic carbocycles. The molecule has 106 valence electrons. The summed E-state index contributed by atoms with van der Waals surface area (Å²) in [5.74, 6) is -1.43. The molecule has 0 bridgehead atoms. The number of sulfonamides is 1. The minimum Gasteiger partial charge on any atom is -0.286 e. The summed E-state index contributed by atoms with van der Waals surface area (Å²) < 4.78 is 23.8. The van der Waals surface area contributed by atoms with Crippen molar-refractivity contribution in [3.63, 3.8) is 0 Å². The van der Waals surface area contributed by atoms with Crippen LogP contribution in [-0.2, 0) is 19.6 Å². The molecule has 0 fully saturated rings. The van der Waals surface area contributed by atoms with Crippen molar-refractivity contribution in [2.24, 2.45) is 5.92 Å². The quantitative estimate of drug-likeness (QED) is 0.270. The smallest absolute Gasteiger partial charge is 0.238 e. The second-order valence-corrected chi connectivity index (χ2v) is 5.91. The van der Waals surface area contributed by atoms with Gasteiger partial charge in [0, 0.05) is 0 Å². The number of unbranched alkanes of at least 4 members (excludes halogenated alkanes) is 2. The van der Waals surface area contributed by atoms with Crippen LogP contribution in [0, 0.1) is 5.92 Å². The number of hydroxylamine groups is 2. The van der Waals surface area contributed by atoms with E-state index in [2.05, 4.69) is 0 Å². The van der Waals surface area contributed by atoms with Crippen LogP contribution in [0.4, 0.5) is 0 Å². The molecule has 0 aromatic heterocycles. The molecular formula is C10H20N2O5S. The highest BCUT2D eigenvalue weighted by atomic mass is 32.2. The Morgan fingerprint density at radius 3 is 2.50 bits per heavy atom. The Labute approximate surface area is 107 Å². The van der Waals surface area contributed by atoms with Gasteiger partial charge in [-0.3, -0.25) is 19.5 Å². The summed E-state index contributed by atoms with van der Waals surface area (Å²) in [4.78, 5) is 22.0. The van der Waals surface area contributed by atoms with Crippen molar-refractivity contribution >= 4 is 22.3 Å². The molecule has 1 atom stereocenters. The lowest BCUT2D eigenvalue weighted by molar-refractivity contribution is -0.154. The van der Waals surface area contributed by atoms with E-state index >= 15 is 0 Å². The van der Waals surface area contributed by atoms with Crippen molar-refractivity contribution in [1.82, 2.24) is 9.79 Å². The summed E-state index contributed by atoms with van der Waals surface area (Å²) in [6.45, 7) is 1.78. The molecule has 0 saturated heterocycles. The van der Waals surface area contributed by atoms with Crippen LogP contribution in [0.3, 0.4) is 0 Å². The van der Waals surface area contributed by atoms with Crippen molar-refractivity contribution in [1.29, 1.82) is 0 Å². The predicted molar refractivity (Wildman–Crippen MR) is 65.2 cm³/mol. The van der Waals surface area contributed by atoms with Crippen LogP contribution in [0.2, 0.25) is 0 Å². The second-order valence-electron chi connectivity index (χ2n) is 4.16. The number of hydrogen-bond acceptors (Lipinski definition) is 5. The third kappa shape index (κ3) is 8.02. The minimum absolute atomic E-state index is 0.181. The predicted octanol–water partition coefficient (Wildman–Crippen LogP) is 0.106. The normalized spacial score (nSPS) is 12.8. The molecule has 0 spiro atoms. The summed E-state index contributed by atoms with van der Waals surface area (Å²) in [5.41, 5.74) is 0. The zero-order valence-corrected chi connectivity index (χ0v) is 11.4. The van der Waals surface area contributed by atoms with Crippen molar-refractivity contribution in [3.8, 4) is 0 Å². The van der Waals surface area contributed by atoms with Gasteiger partial charge >= 0.3 is 0 Å². The molecule has 8 heteroatoms. The summed E-state index contributed by atoms with van der Waals surface area (Å²) in [7, 11) is -3.63. The number of rotatable bonds is 9. The molecule has 0 radical (unpaired) electrons. The molecule has 0 heterocycles. The van der Waals surface area contributed by atoms with E-state index in [4.69, 9.17) is 5.21 Å². The first kappa shape index (κ1) is 16.9. The van der Waals surface area contributed by atoms with Gasteiger partial charge in [-0.15, -0.1) is 0 Å². The molecule has 0 saturated carbocycles. The van der Waals surface area contributed by atoms with E-state index in [-0.39, 0.29) is 13.0 Å². The first-order valence-electron chi connectivity index (χ1n) is 5.72. The molecule has 0 aliphatic carbocycles. The van der Waals surface area contributed by atoms with Crippen molar-refractivity contribution < 1.29 is 23.2 Å². The van der Waals surface area contributed by atoms with Gasteiger partial charge in [-0.25, -0.2) is 13.5 Å². The Kier molecular flexibility index (Phi) is 7.53. The van der Waals surface area contributed by atoms with E-state index < -0.39 is 21.8 Å². The molecule has 0 aliphatic heterocycles. The monoisotopic (exact) mass is 280 g/mol. The maximum Gasteiger partial charge on any atom is 0.238 e. The van der Waals surface area contributed by atoms with E-state index in [1.807, 2.05) is 11.6 Å². The van der Waals surface area contributed by atoms with Crippen molar-refractivity contribution in [3.05, 3.63) is 0 Å². The fourth-order valence-corrected chi connectivity index (χ4v) is 2.01. The Morgan fingerprint density at radius 2 is 2.06 bits per heavy atom. The van der Waals surface area contributed by atoms with Gasteiger partial charge in [-0.2, -0.15) is 0 Å². The third-order valence-electron chi connectivity index (χ3n) is 2.34. The zero-order valence-electron chi connectivity index (χ0n) is 10.6. The first-order valence-corrected chi connectivity index (χ1v) is 7.61. The Hall–Kier alpha value is -1.15. The highest BCUT2D eigenvalue weighted by Crippen LogP contribution is 2.11. The number of carbonyl (C=O) groups is 2. The van der Waals surface area contributed by atoms with E-state index in [0.29, 0.717) is 11.5 Å². The van der Waals surface area contributed by atoms with Crippen LogP contribution in [0.5, 0.6) is 0 Å². The average Bonchev–Trinajstić information content (AvgIpc) is 2.25. The van der Waals surface area contributed by atoms with Crippen LogP contribution in [0.1, 0.15) is 32.6 Å². The lowest BCUT2D eigenvalue weighted by Crippen LogP contribution is -2.40. The van der Waals surface area contributed by atoms with Crippen LogP contribution in [0.25, 0.3) is 0 Å². The lowest BCUT2D eigenvalue weighted by atomic mass is 10.0. The summed E-state index contributed by atoms with van der Waals surface area (Å²) in [5, 5.41) is 9.41. The van der Waals surface area contributed by atoms with Crippen molar-refractivity contribution in [2.75, 3.05) is 12.8 Å². The highest BCUT2D eigenvalue weighted by Gasteiger charge is 2.22. The second kappa shape index (κ2) is 8.04. The van der Waals surface area contributed by atoms with Crippen LogP contribution >= 0.6 is 0 Å². The average molecular weight is 280 g/mol. The van der Waals surface area contributed by atoms with Gasteiger partial charge in [0.2, 0.25) is 22.3 Å². The van der Waals surface area contributed by atoms with Crippen LogP contribution in [0.15, 0.2) is 0 Å². The lowest BCUT2D eigenvalue weighted by Gasteiger charge is -2.18. The zero-order chi connectivity index (χ0) is 14.2. The van der Waals surface area contributed by atoms with E-state index in [1.54, 1.807) is 0 Å². The van der Waals surface area contributed by atoms with Crippen LogP contribution in [-0.4, -0.2) is 43.8 Å². The fourth-order valence-electron chi connectivity index (χ4n) is 1.48. The highest BCUT2D eigenvalue weighted by molar-refractivity contribution is 7.89. The molecule has 0 aliphatic rings. The van der Waals surface area contributed by atoms with Crippen LogP contribution < -0.4 is 4.72 Å². The molecule has 7 nitrogen and oxygen atoms in total. The molecule has 2 amide bonds. The Morgan fingerprint density at radius 1 is 1.44 bits per heavy atom. The van der Waals surface area contributed by atoms with Gasteiger partial charge < -0.3 is 0 Å². The van der Waals surface area contributed by atoms with Gasteiger partial charge in [0.1, 0.15) is 0 Å². The first-order chi connectivity index (χ1) is 8.30. The molecule has 18 heavy (non-hydrogen) atoms. The van der Waals surface area contributed by atoms with Crippen molar-refractivity contribution in [2.45, 2.75) is 32.6 Å². The SMILES string of the molecule is CCCCCC(CN(O)C=O)C(=O)NS(C)(=O)=O. The standard InChI is InChI=1S/C10H20N2O5S/c1-3-4-5-6-9(7-12(15)8-13)10(14)11-18(2,16)17/h8-9,15H,3-7H2,1-2H3,(H,11,14). The van der Waals surface area contributed by atoms with Gasteiger partial charge in [0.05, 0.1) is 18.7 Å². The molecule has 1 unspecified atom stereocenters. The van der Waals surface area contributed by atoms with E-state index in [0.717, 1.165) is 25.5 Å². The van der Waals surface area contributed by atoms with E-state index in [9.17, 15) is 18.0 Å². The number of hydrogen-bond donors (Lipinski definition) is 2. The largest absolute Gasteiger partial charge is 0.286 e. The summed E-state index contributed by atoms with van der Waals surface area (Å²) in [6, 6.07) is 0. The topological polar surface area (TPSA) is 104 Å². The Bertz CT molecular complexity index is 368. The van der Waals surface area contributed by atoms with E-state index in [1.165, 1.54) is 0 Å². The summed E-state index contributed by atoms with van der Waals surface area (Å²) >= 11 is 0. The third-order valence-corrected chi connectivity index (χ3v) is 2.91. The maximum absolute atomic E-state index is 11.7. The maximum atomic E-state index is 11.7. The van der Waals surface area contributed by atoms with Gasteiger partial charge in [0.15, 0.2) is 0 Å². The Balaban J connectivity index is 4.52. The number of nitrogens with zero attached hydrogens (tertiary/aromatic N) is 1. The number of carbonyl (C=O) groups excluding carboxylic acids is 2. The molecule has 0 rings (SSSR count). The number of nitrogens with one attached hydrogen (secondary N) is 1. The van der Waals surface area contributed by atoms with Gasteiger partial charge in [-0.1, -0.05) is 26.2 Å². The van der Waals surface area contributed by atoms with Gasteiger partial charge in [0.25, 0.3) is 0 Å². The minimum atomic E-state index is -3.63. The fraction of sp³-hybridized carbons (Fsp3) is 0.800. The summed E-state index contributed by atoms with van der Waals surface area (Å²) in [6.07, 6.45) is 4.06.